The predicted molar refractivity (Wildman–Crippen MR) is 56.4 cm³/mol. The second-order valence-electron chi connectivity index (χ2n) is 3.68. The molecular weight excluding hydrogens is 162 g/mol. The van der Waals surface area contributed by atoms with Gasteiger partial charge in [-0.15, -0.1) is 0 Å². The lowest BCUT2D eigenvalue weighted by atomic mass is 10.2. The summed E-state index contributed by atoms with van der Waals surface area (Å²) in [6.45, 7) is 6.75. The molecule has 62 valence electrons. The van der Waals surface area contributed by atoms with E-state index in [1.165, 1.54) is 22.2 Å². The van der Waals surface area contributed by atoms with E-state index in [1.54, 1.807) is 0 Å². The molecule has 0 aromatic heterocycles. The normalized spacial score (nSPS) is 20.2. The van der Waals surface area contributed by atoms with Crippen LogP contribution in [-0.2, 0) is 0 Å². The van der Waals surface area contributed by atoms with E-state index in [-0.39, 0.29) is 8.41 Å². The Hall–Kier alpha value is -0.763. The summed E-state index contributed by atoms with van der Waals surface area (Å²) < 4.78 is 0. The zero-order chi connectivity index (χ0) is 8.72. The molecule has 0 saturated heterocycles. The third kappa shape index (κ3) is 1.16. The van der Waals surface area contributed by atoms with E-state index < -0.39 is 0 Å². The molecule has 0 radical (unpaired) electrons. The summed E-state index contributed by atoms with van der Waals surface area (Å²) in [7, 11) is -0.312. The fourth-order valence-electron chi connectivity index (χ4n) is 1.60. The molecule has 0 spiro atoms. The summed E-state index contributed by atoms with van der Waals surface area (Å²) in [4.78, 5) is 4.63. The van der Waals surface area contributed by atoms with Crippen LogP contribution >= 0.6 is 0 Å². The van der Waals surface area contributed by atoms with Crippen molar-refractivity contribution in [3.05, 3.63) is 23.3 Å². The number of allylic oxidation sites excluding steroid dienone is 3. The Kier molecular flexibility index (Phi) is 1.72. The molecule has 0 unspecified atom stereocenters. The second kappa shape index (κ2) is 2.63. The molecule has 0 fully saturated rings. The topological polar surface area (TPSA) is 12.4 Å². The van der Waals surface area contributed by atoms with Crippen molar-refractivity contribution in [2.24, 2.45) is 4.99 Å². The Morgan fingerprint density at radius 2 is 2.08 bits per heavy atom. The lowest BCUT2D eigenvalue weighted by Gasteiger charge is -1.94. The molecule has 1 aliphatic carbocycles. The van der Waals surface area contributed by atoms with Crippen molar-refractivity contribution in [2.75, 3.05) is 0 Å². The Bertz CT molecular complexity index is 352. The number of hydrogen-bond acceptors (Lipinski definition) is 1. The minimum absolute atomic E-state index is 0.312. The molecule has 0 N–H and O–H groups in total. The predicted octanol–water partition coefficient (Wildman–Crippen LogP) is 2.18. The highest BCUT2D eigenvalue weighted by molar-refractivity contribution is 6.70. The molecule has 0 saturated carbocycles. The Balaban J connectivity index is 2.42. The first-order valence-corrected chi connectivity index (χ1v) is 6.81. The van der Waals surface area contributed by atoms with E-state index in [0.717, 1.165) is 6.42 Å². The second-order valence-corrected chi connectivity index (χ2v) is 6.26. The zero-order valence-electron chi connectivity index (χ0n) is 7.81. The summed E-state index contributed by atoms with van der Waals surface area (Å²) in [5, 5.41) is 1.44. The van der Waals surface area contributed by atoms with Gasteiger partial charge in [0.05, 0.1) is 5.71 Å². The fourth-order valence-corrected chi connectivity index (χ4v) is 2.49. The van der Waals surface area contributed by atoms with Gasteiger partial charge in [0.2, 0.25) is 0 Å². The number of hydrogen-bond donors (Lipinski definition) is 0. The van der Waals surface area contributed by atoms with Crippen molar-refractivity contribution >= 4 is 19.4 Å². The largest absolute Gasteiger partial charge is 0.258 e. The lowest BCUT2D eigenvalue weighted by molar-refractivity contribution is 1.43. The van der Waals surface area contributed by atoms with E-state index in [1.807, 2.05) is 0 Å². The van der Waals surface area contributed by atoms with Crippen LogP contribution < -0.4 is 0 Å². The molecule has 1 heterocycles. The third-order valence-electron chi connectivity index (χ3n) is 2.29. The monoisotopic (exact) mass is 175 g/mol. The van der Waals surface area contributed by atoms with E-state index in [0.29, 0.717) is 0 Å². The standard InChI is InChI=1S/C10H13NSi/c1-7-4-8-6-10(12(2)3)11-9(8)5-7/h4-5H,6H2,1-3H3. The van der Waals surface area contributed by atoms with Crippen LogP contribution in [0.3, 0.4) is 0 Å². The van der Waals surface area contributed by atoms with Crippen molar-refractivity contribution in [2.45, 2.75) is 26.4 Å². The van der Waals surface area contributed by atoms with Crippen molar-refractivity contribution in [3.63, 3.8) is 0 Å². The van der Waals surface area contributed by atoms with Gasteiger partial charge in [-0.1, -0.05) is 19.2 Å². The van der Waals surface area contributed by atoms with Gasteiger partial charge in [-0.05, 0) is 24.1 Å². The molecule has 0 aromatic carbocycles. The van der Waals surface area contributed by atoms with Crippen molar-refractivity contribution in [1.82, 2.24) is 0 Å². The van der Waals surface area contributed by atoms with Crippen LogP contribution in [0.15, 0.2) is 28.3 Å². The minimum Gasteiger partial charge on any atom is -0.258 e. The molecule has 0 aromatic rings. The van der Waals surface area contributed by atoms with E-state index >= 15 is 0 Å². The summed E-state index contributed by atoms with van der Waals surface area (Å²) in [5.41, 5.74) is 4.02. The first-order chi connectivity index (χ1) is 5.66. The summed E-state index contributed by atoms with van der Waals surface area (Å²) >= 11 is 0. The van der Waals surface area contributed by atoms with Crippen LogP contribution in [0.4, 0.5) is 0 Å². The van der Waals surface area contributed by atoms with Crippen LogP contribution in [0.25, 0.3) is 0 Å². The summed E-state index contributed by atoms with van der Waals surface area (Å²) in [6, 6.07) is 0. The van der Waals surface area contributed by atoms with Gasteiger partial charge in [0.1, 0.15) is 0 Å². The first-order valence-electron chi connectivity index (χ1n) is 4.31. The van der Waals surface area contributed by atoms with Crippen molar-refractivity contribution in [1.29, 1.82) is 0 Å². The minimum atomic E-state index is -0.312. The quantitative estimate of drug-likeness (QED) is 0.500. The Morgan fingerprint density at radius 3 is 2.67 bits per heavy atom. The molecule has 0 amide bonds. The lowest BCUT2D eigenvalue weighted by Crippen LogP contribution is -2.02. The van der Waals surface area contributed by atoms with Gasteiger partial charge in [-0.25, -0.2) is 0 Å². The van der Waals surface area contributed by atoms with Gasteiger partial charge >= 0.3 is 0 Å². The average molecular weight is 175 g/mol. The highest BCUT2D eigenvalue weighted by Crippen LogP contribution is 2.24. The molecule has 2 aliphatic rings. The maximum Gasteiger partial charge on any atom is 0.0666 e. The van der Waals surface area contributed by atoms with Gasteiger partial charge in [-0.3, -0.25) is 4.99 Å². The van der Waals surface area contributed by atoms with Crippen LogP contribution in [-0.4, -0.2) is 19.4 Å². The molecular formula is C10H13NSi. The summed E-state index contributed by atoms with van der Waals surface area (Å²) in [6.07, 6.45) is 5.56. The fraction of sp³-hybridized carbons (Fsp3) is 0.400. The number of nitrogens with zero attached hydrogens (tertiary/aromatic N) is 1. The molecule has 0 bridgehead atoms. The Labute approximate surface area is 74.7 Å². The van der Waals surface area contributed by atoms with Crippen LogP contribution in [0.5, 0.6) is 0 Å². The van der Waals surface area contributed by atoms with Gasteiger partial charge in [0.15, 0.2) is 0 Å². The van der Waals surface area contributed by atoms with Gasteiger partial charge in [0.25, 0.3) is 0 Å². The average Bonchev–Trinajstić information content (AvgIpc) is 2.42. The third-order valence-corrected chi connectivity index (χ3v) is 3.73. The summed E-state index contributed by atoms with van der Waals surface area (Å²) in [5.74, 6) is 0. The van der Waals surface area contributed by atoms with E-state index in [2.05, 4.69) is 37.2 Å². The van der Waals surface area contributed by atoms with Crippen molar-refractivity contribution < 1.29 is 0 Å². The van der Waals surface area contributed by atoms with Crippen molar-refractivity contribution in [3.8, 4) is 0 Å². The van der Waals surface area contributed by atoms with Gasteiger partial charge in [0, 0.05) is 20.1 Å². The first kappa shape index (κ1) is 7.86. The Morgan fingerprint density at radius 1 is 1.33 bits per heavy atom. The smallest absolute Gasteiger partial charge is 0.0666 e. The zero-order valence-corrected chi connectivity index (χ0v) is 8.81. The molecule has 1 aliphatic heterocycles. The van der Waals surface area contributed by atoms with E-state index in [4.69, 9.17) is 0 Å². The molecule has 2 rings (SSSR count). The molecule has 0 atom stereocenters. The van der Waals surface area contributed by atoms with E-state index in [9.17, 15) is 0 Å². The maximum atomic E-state index is 4.63. The van der Waals surface area contributed by atoms with Crippen LogP contribution in [0, 0.1) is 0 Å². The SMILES string of the molecule is CC1=CC2=NC(=[Si](C)C)CC2=C1. The van der Waals surface area contributed by atoms with Gasteiger partial charge < -0.3 is 0 Å². The number of aliphatic imine (C=N–C) groups is 1. The molecule has 1 nitrogen and oxygen atoms in total. The van der Waals surface area contributed by atoms with Crippen LogP contribution in [0.2, 0.25) is 13.1 Å². The molecule has 12 heavy (non-hydrogen) atoms. The number of rotatable bonds is 0. The maximum absolute atomic E-state index is 4.63. The highest BCUT2D eigenvalue weighted by atomic mass is 28.2. The van der Waals surface area contributed by atoms with Crippen LogP contribution in [0.1, 0.15) is 13.3 Å². The van der Waals surface area contributed by atoms with Gasteiger partial charge in [-0.2, -0.15) is 0 Å². The highest BCUT2D eigenvalue weighted by Gasteiger charge is 2.19. The number of fused-ring (bicyclic) bond motifs is 1. The molecule has 2 heteroatoms.